The number of nitriles is 1. The molecule has 0 aliphatic rings. The van der Waals surface area contributed by atoms with Gasteiger partial charge in [0.25, 0.3) is 5.91 Å². The summed E-state index contributed by atoms with van der Waals surface area (Å²) in [6, 6.07) is 33.5. The van der Waals surface area contributed by atoms with E-state index in [2.05, 4.69) is 5.32 Å². The number of anilines is 1. The smallest absolute Gasteiger partial charge is 0.339 e. The summed E-state index contributed by atoms with van der Waals surface area (Å²) in [7, 11) is -4.04. The van der Waals surface area contributed by atoms with E-state index < -0.39 is 16.0 Å². The zero-order chi connectivity index (χ0) is 25.8. The van der Waals surface area contributed by atoms with Crippen LogP contribution in [0.3, 0.4) is 0 Å². The lowest BCUT2D eigenvalue weighted by atomic mass is 10.1. The maximum atomic E-state index is 12.8. The molecule has 37 heavy (non-hydrogen) atoms. The molecule has 0 aliphatic carbocycles. The van der Waals surface area contributed by atoms with Crippen molar-refractivity contribution >= 4 is 49.3 Å². The number of nitrogens with zero attached hydrogens (tertiary/aromatic N) is 1. The highest BCUT2D eigenvalue weighted by molar-refractivity contribution is 7.87. The highest BCUT2D eigenvalue weighted by Gasteiger charge is 2.17. The van der Waals surface area contributed by atoms with E-state index in [0.717, 1.165) is 21.5 Å². The minimum absolute atomic E-state index is 0.0482. The van der Waals surface area contributed by atoms with E-state index in [4.69, 9.17) is 4.18 Å². The fourth-order valence-corrected chi connectivity index (χ4v) is 4.92. The largest absolute Gasteiger partial charge is 0.379 e. The van der Waals surface area contributed by atoms with Crippen LogP contribution in [0.2, 0.25) is 0 Å². The van der Waals surface area contributed by atoms with Gasteiger partial charge in [0.1, 0.15) is 22.3 Å². The average molecular weight is 505 g/mol. The molecule has 0 unspecified atom stereocenters. The number of hydrogen-bond acceptors (Lipinski definition) is 5. The highest BCUT2D eigenvalue weighted by Crippen LogP contribution is 2.25. The van der Waals surface area contributed by atoms with Crippen molar-refractivity contribution in [2.24, 2.45) is 0 Å². The van der Waals surface area contributed by atoms with Gasteiger partial charge < -0.3 is 9.50 Å². The average Bonchev–Trinajstić information content (AvgIpc) is 2.92. The minimum atomic E-state index is -4.04. The van der Waals surface area contributed by atoms with E-state index in [1.165, 1.54) is 24.3 Å². The highest BCUT2D eigenvalue weighted by atomic mass is 32.2. The molecule has 0 aliphatic heterocycles. The molecule has 0 saturated heterocycles. The van der Waals surface area contributed by atoms with Crippen molar-refractivity contribution in [2.75, 3.05) is 5.32 Å². The van der Waals surface area contributed by atoms with Crippen LogP contribution in [0.25, 0.3) is 27.6 Å². The lowest BCUT2D eigenvalue weighted by molar-refractivity contribution is -0.112. The molecule has 5 aromatic carbocycles. The second kappa shape index (κ2) is 9.97. The molecule has 7 heteroatoms. The Morgan fingerprint density at radius 2 is 1.46 bits per heavy atom. The SMILES string of the molecule is N#C/C(=C\c1ccc(OS(=O)(=O)c2ccc3ccccc3c2)cc1)C(=O)Nc1cccc2ccccc12. The zero-order valence-electron chi connectivity index (χ0n) is 19.5. The molecule has 0 aromatic heterocycles. The van der Waals surface area contributed by atoms with Crippen LogP contribution >= 0.6 is 0 Å². The van der Waals surface area contributed by atoms with E-state index in [1.54, 1.807) is 30.3 Å². The molecule has 5 aromatic rings. The maximum absolute atomic E-state index is 12.8. The zero-order valence-corrected chi connectivity index (χ0v) is 20.3. The van der Waals surface area contributed by atoms with Gasteiger partial charge in [-0.15, -0.1) is 0 Å². The molecule has 0 bridgehead atoms. The van der Waals surface area contributed by atoms with Crippen molar-refractivity contribution in [3.8, 4) is 11.8 Å². The summed E-state index contributed by atoms with van der Waals surface area (Å²) in [6.45, 7) is 0. The molecular formula is C30H20N2O4S. The third-order valence-electron chi connectivity index (χ3n) is 5.81. The Balaban J connectivity index is 1.33. The van der Waals surface area contributed by atoms with E-state index in [1.807, 2.05) is 66.7 Å². The summed E-state index contributed by atoms with van der Waals surface area (Å²) in [5.41, 5.74) is 1.05. The van der Waals surface area contributed by atoms with E-state index in [9.17, 15) is 18.5 Å². The van der Waals surface area contributed by atoms with E-state index in [0.29, 0.717) is 11.3 Å². The van der Waals surface area contributed by atoms with Crippen LogP contribution in [0, 0.1) is 11.3 Å². The van der Waals surface area contributed by atoms with Crippen molar-refractivity contribution in [3.63, 3.8) is 0 Å². The van der Waals surface area contributed by atoms with Crippen molar-refractivity contribution in [3.05, 3.63) is 120 Å². The summed E-state index contributed by atoms with van der Waals surface area (Å²) in [5, 5.41) is 15.9. The molecule has 0 spiro atoms. The molecular weight excluding hydrogens is 484 g/mol. The van der Waals surface area contributed by atoms with Gasteiger partial charge in [0, 0.05) is 11.1 Å². The first-order valence-electron chi connectivity index (χ1n) is 11.4. The summed E-state index contributed by atoms with van der Waals surface area (Å²) < 4.78 is 30.9. The number of fused-ring (bicyclic) bond motifs is 2. The van der Waals surface area contributed by atoms with Crippen LogP contribution in [-0.2, 0) is 14.9 Å². The molecule has 1 amide bonds. The third-order valence-corrected chi connectivity index (χ3v) is 7.05. The topological polar surface area (TPSA) is 96.3 Å². The monoisotopic (exact) mass is 504 g/mol. The van der Waals surface area contributed by atoms with Crippen LogP contribution in [0.4, 0.5) is 5.69 Å². The van der Waals surface area contributed by atoms with Gasteiger partial charge in [-0.25, -0.2) is 0 Å². The fourth-order valence-electron chi connectivity index (χ4n) is 3.96. The van der Waals surface area contributed by atoms with Crippen molar-refractivity contribution in [1.82, 2.24) is 0 Å². The summed E-state index contributed by atoms with van der Waals surface area (Å²) >= 11 is 0. The Bertz CT molecular complexity index is 1810. The molecule has 1 N–H and O–H groups in total. The first-order valence-corrected chi connectivity index (χ1v) is 12.8. The van der Waals surface area contributed by atoms with E-state index >= 15 is 0 Å². The predicted molar refractivity (Wildman–Crippen MR) is 144 cm³/mol. The van der Waals surface area contributed by atoms with Gasteiger partial charge in [-0.1, -0.05) is 78.9 Å². The molecule has 180 valence electrons. The maximum Gasteiger partial charge on any atom is 0.339 e. The third kappa shape index (κ3) is 5.20. The normalized spacial score (nSPS) is 11.7. The van der Waals surface area contributed by atoms with Crippen molar-refractivity contribution < 1.29 is 17.4 Å². The standard InChI is InChI=1S/C30H20N2O4S/c31-20-25(30(33)32-29-11-5-9-23-7-3-4-10-28(23)29)18-21-12-15-26(16-13-21)36-37(34,35)27-17-14-22-6-1-2-8-24(22)19-27/h1-19H,(H,32,33)/b25-18+. The van der Waals surface area contributed by atoms with Crippen LogP contribution in [0.15, 0.2) is 120 Å². The molecule has 6 nitrogen and oxygen atoms in total. The van der Waals surface area contributed by atoms with Gasteiger partial charge in [-0.3, -0.25) is 4.79 Å². The molecule has 0 fully saturated rings. The molecule has 0 heterocycles. The molecule has 0 radical (unpaired) electrons. The number of rotatable bonds is 6. The number of nitrogens with one attached hydrogen (secondary N) is 1. The van der Waals surface area contributed by atoms with Crippen LogP contribution in [0.5, 0.6) is 5.75 Å². The number of benzene rings is 5. The number of carbonyl (C=O) groups excluding carboxylic acids is 1. The lowest BCUT2D eigenvalue weighted by Gasteiger charge is -2.09. The first-order chi connectivity index (χ1) is 17.9. The van der Waals surface area contributed by atoms with Crippen LogP contribution < -0.4 is 9.50 Å². The summed E-state index contributed by atoms with van der Waals surface area (Å²) in [5.74, 6) is -0.429. The van der Waals surface area contributed by atoms with Gasteiger partial charge in [0.05, 0.1) is 0 Å². The predicted octanol–water partition coefficient (Wildman–Crippen LogP) is 6.31. The summed E-state index contributed by atoms with van der Waals surface area (Å²) in [6.07, 6.45) is 1.43. The Labute approximate surface area is 214 Å². The van der Waals surface area contributed by atoms with Gasteiger partial charge >= 0.3 is 10.1 Å². The quantitative estimate of drug-likeness (QED) is 0.166. The Kier molecular flexibility index (Phi) is 6.42. The van der Waals surface area contributed by atoms with E-state index in [-0.39, 0.29) is 16.2 Å². The second-order valence-electron chi connectivity index (χ2n) is 8.27. The van der Waals surface area contributed by atoms with Gasteiger partial charge in [-0.2, -0.15) is 13.7 Å². The Morgan fingerprint density at radius 1 is 0.784 bits per heavy atom. The number of hydrogen-bond donors (Lipinski definition) is 1. The van der Waals surface area contributed by atoms with Crippen LogP contribution in [-0.4, -0.2) is 14.3 Å². The molecule has 0 saturated carbocycles. The Morgan fingerprint density at radius 3 is 2.22 bits per heavy atom. The summed E-state index contributed by atoms with van der Waals surface area (Å²) in [4.78, 5) is 12.8. The van der Waals surface area contributed by atoms with Crippen molar-refractivity contribution in [1.29, 1.82) is 5.26 Å². The Hall–Kier alpha value is -4.93. The lowest BCUT2D eigenvalue weighted by Crippen LogP contribution is -2.13. The first kappa shape index (κ1) is 23.8. The van der Waals surface area contributed by atoms with Crippen LogP contribution in [0.1, 0.15) is 5.56 Å². The minimum Gasteiger partial charge on any atom is -0.379 e. The van der Waals surface area contributed by atoms with Crippen molar-refractivity contribution in [2.45, 2.75) is 4.90 Å². The molecule has 5 rings (SSSR count). The molecule has 0 atom stereocenters. The number of carbonyl (C=O) groups is 1. The van der Waals surface area contributed by atoms with Gasteiger partial charge in [-0.05, 0) is 58.1 Å². The van der Waals surface area contributed by atoms with Gasteiger partial charge in [0.15, 0.2) is 0 Å². The van der Waals surface area contributed by atoms with Gasteiger partial charge in [0.2, 0.25) is 0 Å². The second-order valence-corrected chi connectivity index (χ2v) is 9.81. The fraction of sp³-hybridized carbons (Fsp3) is 0. The number of amides is 1.